The third-order valence-electron chi connectivity index (χ3n) is 5.61. The Morgan fingerprint density at radius 1 is 1.28 bits per heavy atom. The fraction of sp³-hybridized carbons (Fsp3) is 0.333. The van der Waals surface area contributed by atoms with Gasteiger partial charge in [0.05, 0.1) is 22.3 Å². The van der Waals surface area contributed by atoms with Crippen LogP contribution in [0.1, 0.15) is 47.7 Å². The average molecular weight is 460 g/mol. The third-order valence-corrected chi connectivity index (χ3v) is 6.51. The number of thiophene rings is 1. The van der Waals surface area contributed by atoms with E-state index in [-0.39, 0.29) is 23.1 Å². The lowest BCUT2D eigenvalue weighted by molar-refractivity contribution is -0.142. The van der Waals surface area contributed by atoms with E-state index in [4.69, 9.17) is 0 Å². The van der Waals surface area contributed by atoms with Crippen molar-refractivity contribution in [1.29, 1.82) is 0 Å². The van der Waals surface area contributed by atoms with Crippen molar-refractivity contribution in [1.82, 2.24) is 29.3 Å². The Morgan fingerprint density at radius 2 is 2.12 bits per heavy atom. The standard InChI is InChI=1S/C21H19F3N6OS/c1-2-29-16(7-8-25-29)15-5-3-9-28(15)20(31)14-12-19-26-13(17-6-4-10-32-17)11-18(21(22,23)24)30(19)27-14/h4,6-8,10-12,15H,2-3,5,9H2,1H3/t15-/m0/s1. The molecular weight excluding hydrogens is 441 g/mol. The molecule has 4 aromatic rings. The van der Waals surface area contributed by atoms with Gasteiger partial charge in [0.1, 0.15) is 0 Å². The lowest BCUT2D eigenvalue weighted by Gasteiger charge is -2.24. The van der Waals surface area contributed by atoms with Crippen LogP contribution in [0.3, 0.4) is 0 Å². The summed E-state index contributed by atoms with van der Waals surface area (Å²) in [6, 6.07) is 7.45. The zero-order valence-electron chi connectivity index (χ0n) is 17.1. The van der Waals surface area contributed by atoms with Crippen LogP contribution in [0.4, 0.5) is 13.2 Å². The van der Waals surface area contributed by atoms with E-state index in [1.807, 2.05) is 17.7 Å². The van der Waals surface area contributed by atoms with Gasteiger partial charge in [0.25, 0.3) is 5.91 Å². The van der Waals surface area contributed by atoms with E-state index in [0.717, 1.165) is 24.6 Å². The first-order chi connectivity index (χ1) is 15.4. The number of fused-ring (bicyclic) bond motifs is 1. The smallest absolute Gasteiger partial charge is 0.329 e. The Kier molecular flexibility index (Phi) is 5.00. The van der Waals surface area contributed by atoms with Crippen LogP contribution >= 0.6 is 11.3 Å². The first-order valence-electron chi connectivity index (χ1n) is 10.2. The fourth-order valence-electron chi connectivity index (χ4n) is 4.19. The van der Waals surface area contributed by atoms with Crippen molar-refractivity contribution in [2.24, 2.45) is 0 Å². The summed E-state index contributed by atoms with van der Waals surface area (Å²) in [5.74, 6) is -0.410. The number of amides is 1. The zero-order chi connectivity index (χ0) is 22.5. The summed E-state index contributed by atoms with van der Waals surface area (Å²) in [6.45, 7) is 3.14. The highest BCUT2D eigenvalue weighted by Gasteiger charge is 2.37. The predicted molar refractivity (Wildman–Crippen MR) is 112 cm³/mol. The minimum absolute atomic E-state index is 0.0130. The van der Waals surface area contributed by atoms with Crippen LogP contribution in [-0.2, 0) is 12.7 Å². The number of aryl methyl sites for hydroxylation is 1. The number of likely N-dealkylation sites (tertiary alicyclic amines) is 1. The Morgan fingerprint density at radius 3 is 2.84 bits per heavy atom. The predicted octanol–water partition coefficient (Wildman–Crippen LogP) is 4.67. The molecule has 1 aliphatic rings. The van der Waals surface area contributed by atoms with Crippen molar-refractivity contribution in [3.8, 4) is 10.6 Å². The van der Waals surface area contributed by atoms with Crippen molar-refractivity contribution in [3.63, 3.8) is 0 Å². The number of aromatic nitrogens is 5. The van der Waals surface area contributed by atoms with Gasteiger partial charge in [-0.2, -0.15) is 23.4 Å². The van der Waals surface area contributed by atoms with Crippen LogP contribution in [0.5, 0.6) is 0 Å². The fourth-order valence-corrected chi connectivity index (χ4v) is 4.87. The van der Waals surface area contributed by atoms with Crippen molar-refractivity contribution in [2.45, 2.75) is 38.5 Å². The Labute approximate surface area is 185 Å². The second-order valence-electron chi connectivity index (χ2n) is 7.53. The molecule has 0 spiro atoms. The molecule has 1 amide bonds. The quantitative estimate of drug-likeness (QED) is 0.444. The Bertz CT molecular complexity index is 1280. The topological polar surface area (TPSA) is 68.3 Å². The van der Waals surface area contributed by atoms with Gasteiger partial charge in [0.2, 0.25) is 0 Å². The SMILES string of the molecule is CCn1nccc1[C@@H]1CCCN1C(=O)c1cc2nc(-c3cccs3)cc(C(F)(F)F)n2n1. The summed E-state index contributed by atoms with van der Waals surface area (Å²) in [7, 11) is 0. The van der Waals surface area contributed by atoms with Gasteiger partial charge < -0.3 is 4.90 Å². The third kappa shape index (κ3) is 3.46. The molecule has 5 heterocycles. The molecule has 0 aromatic carbocycles. The monoisotopic (exact) mass is 460 g/mol. The van der Waals surface area contributed by atoms with Crippen LogP contribution in [0.25, 0.3) is 16.2 Å². The number of nitrogens with zero attached hydrogens (tertiary/aromatic N) is 6. The minimum Gasteiger partial charge on any atom is -0.329 e. The highest BCUT2D eigenvalue weighted by molar-refractivity contribution is 7.13. The number of alkyl halides is 3. The number of halogens is 3. The van der Waals surface area contributed by atoms with Crippen molar-refractivity contribution in [2.75, 3.05) is 6.54 Å². The molecule has 1 aliphatic heterocycles. The minimum atomic E-state index is -4.65. The maximum absolute atomic E-state index is 13.8. The van der Waals surface area contributed by atoms with Crippen LogP contribution in [0.2, 0.25) is 0 Å². The molecule has 0 aliphatic carbocycles. The molecule has 0 N–H and O–H groups in total. The van der Waals surface area contributed by atoms with Crippen LogP contribution in [0.15, 0.2) is 41.9 Å². The molecule has 11 heteroatoms. The molecule has 0 unspecified atom stereocenters. The summed E-state index contributed by atoms with van der Waals surface area (Å²) >= 11 is 1.30. The first kappa shape index (κ1) is 20.7. The van der Waals surface area contributed by atoms with Gasteiger partial charge in [-0.25, -0.2) is 9.50 Å². The van der Waals surface area contributed by atoms with E-state index in [2.05, 4.69) is 15.2 Å². The van der Waals surface area contributed by atoms with E-state index in [1.165, 1.54) is 17.4 Å². The molecule has 166 valence electrons. The largest absolute Gasteiger partial charge is 0.433 e. The first-order valence-corrected chi connectivity index (χ1v) is 11.1. The summed E-state index contributed by atoms with van der Waals surface area (Å²) in [5, 5.41) is 10.1. The van der Waals surface area contributed by atoms with Crippen LogP contribution in [0, 0.1) is 0 Å². The summed E-state index contributed by atoms with van der Waals surface area (Å²) in [4.78, 5) is 19.9. The van der Waals surface area contributed by atoms with E-state index >= 15 is 0 Å². The van der Waals surface area contributed by atoms with Crippen LogP contribution < -0.4 is 0 Å². The lowest BCUT2D eigenvalue weighted by atomic mass is 10.1. The molecule has 5 rings (SSSR count). The highest BCUT2D eigenvalue weighted by atomic mass is 32.1. The number of hydrogen-bond acceptors (Lipinski definition) is 5. The van der Waals surface area contributed by atoms with E-state index in [0.29, 0.717) is 22.5 Å². The van der Waals surface area contributed by atoms with Gasteiger partial charge in [-0.1, -0.05) is 6.07 Å². The molecule has 0 radical (unpaired) electrons. The number of hydrogen-bond donors (Lipinski definition) is 0. The van der Waals surface area contributed by atoms with Gasteiger partial charge in [-0.05, 0) is 43.3 Å². The van der Waals surface area contributed by atoms with Gasteiger partial charge >= 0.3 is 6.18 Å². The van der Waals surface area contributed by atoms with E-state index in [9.17, 15) is 18.0 Å². The molecule has 32 heavy (non-hydrogen) atoms. The number of carbonyl (C=O) groups is 1. The van der Waals surface area contributed by atoms with Gasteiger partial charge in [0.15, 0.2) is 17.0 Å². The number of rotatable bonds is 4. The van der Waals surface area contributed by atoms with Crippen molar-refractivity contribution < 1.29 is 18.0 Å². The van der Waals surface area contributed by atoms with E-state index in [1.54, 1.807) is 28.6 Å². The molecule has 0 saturated carbocycles. The molecule has 1 fully saturated rings. The Balaban J connectivity index is 1.56. The summed E-state index contributed by atoms with van der Waals surface area (Å²) < 4.78 is 43.9. The maximum atomic E-state index is 13.8. The normalized spacial score (nSPS) is 16.9. The molecule has 1 atom stereocenters. The van der Waals surface area contributed by atoms with E-state index < -0.39 is 17.8 Å². The number of carbonyl (C=O) groups excluding carboxylic acids is 1. The molecule has 0 bridgehead atoms. The maximum Gasteiger partial charge on any atom is 0.433 e. The van der Waals surface area contributed by atoms with Crippen molar-refractivity contribution in [3.05, 3.63) is 59.0 Å². The highest BCUT2D eigenvalue weighted by Crippen LogP contribution is 2.35. The molecular formula is C21H19F3N6OS. The molecule has 1 saturated heterocycles. The second kappa shape index (κ2) is 7.73. The lowest BCUT2D eigenvalue weighted by Crippen LogP contribution is -2.32. The molecule has 4 aromatic heterocycles. The van der Waals surface area contributed by atoms with Gasteiger partial charge in [0, 0.05) is 25.4 Å². The van der Waals surface area contributed by atoms with Gasteiger partial charge in [-0.3, -0.25) is 9.48 Å². The van der Waals surface area contributed by atoms with Crippen LogP contribution in [-0.4, -0.2) is 41.7 Å². The average Bonchev–Trinajstić information content (AvgIpc) is 3.56. The summed E-state index contributed by atoms with van der Waals surface area (Å²) in [6.07, 6.45) is -1.40. The Hall–Kier alpha value is -3.21. The van der Waals surface area contributed by atoms with Gasteiger partial charge in [-0.15, -0.1) is 11.3 Å². The molecule has 7 nitrogen and oxygen atoms in total. The zero-order valence-corrected chi connectivity index (χ0v) is 17.9. The second-order valence-corrected chi connectivity index (χ2v) is 8.48. The van der Waals surface area contributed by atoms with Crippen molar-refractivity contribution >= 4 is 22.9 Å². The summed E-state index contributed by atoms with van der Waals surface area (Å²) in [5.41, 5.74) is 0.0783.